The van der Waals surface area contributed by atoms with Crippen LogP contribution in [-0.2, 0) is 4.74 Å². The van der Waals surface area contributed by atoms with E-state index in [4.69, 9.17) is 0 Å². The predicted molar refractivity (Wildman–Crippen MR) is 91.9 cm³/mol. The summed E-state index contributed by atoms with van der Waals surface area (Å²) in [5, 5.41) is 0. The molecule has 118 valence electrons. The third-order valence-electron chi connectivity index (χ3n) is 2.94. The summed E-state index contributed by atoms with van der Waals surface area (Å²) in [6, 6.07) is 12.9. The van der Waals surface area contributed by atoms with Gasteiger partial charge in [-0.2, -0.15) is 0 Å². The second-order valence-electron chi connectivity index (χ2n) is 4.49. The first kappa shape index (κ1) is 16.9. The number of rotatable bonds is 3. The van der Waals surface area contributed by atoms with Gasteiger partial charge in [-0.15, -0.1) is 0 Å². The van der Waals surface area contributed by atoms with Crippen molar-refractivity contribution in [2.45, 2.75) is 0 Å². The summed E-state index contributed by atoms with van der Waals surface area (Å²) in [4.78, 5) is 35.2. The Kier molecular flexibility index (Phi) is 5.69. The number of halogens is 1. The summed E-state index contributed by atoms with van der Waals surface area (Å²) in [7, 11) is 1.28. The monoisotopic (exact) mass is 424 g/mol. The summed E-state index contributed by atoms with van der Waals surface area (Å²) in [5.74, 6) is -1.38. The molecule has 0 unspecified atom stereocenters. The van der Waals surface area contributed by atoms with Crippen molar-refractivity contribution in [3.63, 3.8) is 0 Å². The molecule has 0 aromatic heterocycles. The van der Waals surface area contributed by atoms with Crippen molar-refractivity contribution in [1.29, 1.82) is 0 Å². The minimum absolute atomic E-state index is 0.306. The van der Waals surface area contributed by atoms with Crippen LogP contribution < -0.4 is 10.9 Å². The van der Waals surface area contributed by atoms with E-state index in [-0.39, 0.29) is 0 Å². The molecule has 0 aliphatic heterocycles. The van der Waals surface area contributed by atoms with Crippen LogP contribution in [0.5, 0.6) is 0 Å². The van der Waals surface area contributed by atoms with Crippen LogP contribution in [0.1, 0.15) is 31.1 Å². The molecule has 0 aliphatic rings. The van der Waals surface area contributed by atoms with Gasteiger partial charge in [-0.1, -0.05) is 6.07 Å². The predicted octanol–water partition coefficient (Wildman–Crippen LogP) is 2.15. The van der Waals surface area contributed by atoms with Gasteiger partial charge in [0.05, 0.1) is 12.7 Å². The van der Waals surface area contributed by atoms with E-state index in [0.29, 0.717) is 16.7 Å². The van der Waals surface area contributed by atoms with Crippen LogP contribution in [0.15, 0.2) is 48.5 Å². The molecular weight excluding hydrogens is 411 g/mol. The van der Waals surface area contributed by atoms with Crippen molar-refractivity contribution < 1.29 is 19.1 Å². The Labute approximate surface area is 146 Å². The topological polar surface area (TPSA) is 84.5 Å². The standard InChI is InChI=1S/C16H13IN2O4/c1-23-16(22)11-7-5-10(6-8-11)14(20)18-19-15(21)12-3-2-4-13(17)9-12/h2-9H,1H3,(H,18,20)(H,19,21). The zero-order chi connectivity index (χ0) is 16.8. The van der Waals surface area contributed by atoms with E-state index in [0.717, 1.165) is 3.57 Å². The summed E-state index contributed by atoms with van der Waals surface area (Å²) >= 11 is 2.10. The van der Waals surface area contributed by atoms with E-state index in [2.05, 4.69) is 38.2 Å². The van der Waals surface area contributed by atoms with Crippen LogP contribution >= 0.6 is 22.6 Å². The Bertz CT molecular complexity index is 744. The lowest BCUT2D eigenvalue weighted by Crippen LogP contribution is -2.41. The Hall–Kier alpha value is -2.42. The molecule has 0 radical (unpaired) electrons. The maximum absolute atomic E-state index is 12.0. The van der Waals surface area contributed by atoms with Crippen molar-refractivity contribution in [3.8, 4) is 0 Å². The van der Waals surface area contributed by atoms with Gasteiger partial charge in [-0.3, -0.25) is 20.4 Å². The van der Waals surface area contributed by atoms with Gasteiger partial charge in [-0.25, -0.2) is 4.79 Å². The van der Waals surface area contributed by atoms with Gasteiger partial charge in [0.1, 0.15) is 0 Å². The Morgan fingerprint density at radius 3 is 2.00 bits per heavy atom. The molecule has 0 fully saturated rings. The molecule has 7 heteroatoms. The van der Waals surface area contributed by atoms with Crippen molar-refractivity contribution >= 4 is 40.4 Å². The number of amides is 2. The largest absolute Gasteiger partial charge is 0.465 e. The molecule has 0 aliphatic carbocycles. The number of hydrogen-bond donors (Lipinski definition) is 2. The number of benzene rings is 2. The minimum Gasteiger partial charge on any atom is -0.465 e. The highest BCUT2D eigenvalue weighted by Gasteiger charge is 2.11. The first-order valence-corrected chi connectivity index (χ1v) is 7.64. The number of carbonyl (C=O) groups is 3. The highest BCUT2D eigenvalue weighted by atomic mass is 127. The molecule has 2 amide bonds. The number of methoxy groups -OCH3 is 1. The summed E-state index contributed by atoms with van der Waals surface area (Å²) in [6.07, 6.45) is 0. The summed E-state index contributed by atoms with van der Waals surface area (Å²) in [6.45, 7) is 0. The van der Waals surface area contributed by atoms with Crippen molar-refractivity contribution in [2.75, 3.05) is 7.11 Å². The number of hydrogen-bond acceptors (Lipinski definition) is 4. The Morgan fingerprint density at radius 2 is 1.43 bits per heavy atom. The van der Waals surface area contributed by atoms with Crippen molar-refractivity contribution in [2.24, 2.45) is 0 Å². The highest BCUT2D eigenvalue weighted by Crippen LogP contribution is 2.08. The van der Waals surface area contributed by atoms with E-state index in [1.807, 2.05) is 6.07 Å². The lowest BCUT2D eigenvalue weighted by molar-refractivity contribution is 0.0600. The normalized spacial score (nSPS) is 9.83. The third-order valence-corrected chi connectivity index (χ3v) is 3.62. The minimum atomic E-state index is -0.486. The average molecular weight is 424 g/mol. The molecule has 23 heavy (non-hydrogen) atoms. The van der Waals surface area contributed by atoms with Gasteiger partial charge in [0.15, 0.2) is 0 Å². The van der Waals surface area contributed by atoms with Crippen molar-refractivity contribution in [3.05, 3.63) is 68.8 Å². The molecule has 0 saturated carbocycles. The van der Waals surface area contributed by atoms with Gasteiger partial charge in [0.25, 0.3) is 11.8 Å². The van der Waals surface area contributed by atoms with Gasteiger partial charge in [-0.05, 0) is 65.1 Å². The molecule has 2 rings (SSSR count). The fraction of sp³-hybridized carbons (Fsp3) is 0.0625. The number of carbonyl (C=O) groups excluding carboxylic acids is 3. The van der Waals surface area contributed by atoms with Crippen LogP contribution in [0.3, 0.4) is 0 Å². The first-order valence-electron chi connectivity index (χ1n) is 6.56. The molecule has 2 aromatic carbocycles. The van der Waals surface area contributed by atoms with E-state index >= 15 is 0 Å². The van der Waals surface area contributed by atoms with Gasteiger partial charge >= 0.3 is 5.97 Å². The lowest BCUT2D eigenvalue weighted by Gasteiger charge is -2.08. The summed E-state index contributed by atoms with van der Waals surface area (Å²) < 4.78 is 5.49. The number of ether oxygens (including phenoxy) is 1. The molecule has 0 atom stereocenters. The zero-order valence-electron chi connectivity index (χ0n) is 12.1. The fourth-order valence-corrected chi connectivity index (χ4v) is 2.31. The summed E-state index contributed by atoms with van der Waals surface area (Å²) in [5.41, 5.74) is 5.75. The van der Waals surface area contributed by atoms with E-state index in [9.17, 15) is 14.4 Å². The smallest absolute Gasteiger partial charge is 0.337 e. The molecular formula is C16H13IN2O4. The van der Waals surface area contributed by atoms with Crippen molar-refractivity contribution in [1.82, 2.24) is 10.9 Å². The van der Waals surface area contributed by atoms with Gasteiger partial charge in [0, 0.05) is 14.7 Å². The molecule has 0 spiro atoms. The second-order valence-corrected chi connectivity index (χ2v) is 5.73. The number of esters is 1. The Balaban J connectivity index is 1.97. The Morgan fingerprint density at radius 1 is 0.870 bits per heavy atom. The van der Waals surface area contributed by atoms with Crippen LogP contribution in [0.25, 0.3) is 0 Å². The van der Waals surface area contributed by atoms with Gasteiger partial charge in [0.2, 0.25) is 0 Å². The lowest BCUT2D eigenvalue weighted by atomic mass is 10.1. The first-order chi connectivity index (χ1) is 11.0. The van der Waals surface area contributed by atoms with E-state index in [1.54, 1.807) is 18.2 Å². The van der Waals surface area contributed by atoms with Crippen LogP contribution in [-0.4, -0.2) is 24.9 Å². The number of nitrogens with one attached hydrogen (secondary N) is 2. The SMILES string of the molecule is COC(=O)c1ccc(C(=O)NNC(=O)c2cccc(I)c2)cc1. The molecule has 0 heterocycles. The van der Waals surface area contributed by atoms with Crippen LogP contribution in [0, 0.1) is 3.57 Å². The van der Waals surface area contributed by atoms with E-state index in [1.165, 1.54) is 31.4 Å². The maximum Gasteiger partial charge on any atom is 0.337 e. The third kappa shape index (κ3) is 4.52. The molecule has 0 saturated heterocycles. The van der Waals surface area contributed by atoms with Crippen LogP contribution in [0.2, 0.25) is 0 Å². The zero-order valence-corrected chi connectivity index (χ0v) is 14.3. The molecule has 0 bridgehead atoms. The average Bonchev–Trinajstić information content (AvgIpc) is 2.58. The number of hydrazine groups is 1. The van der Waals surface area contributed by atoms with Gasteiger partial charge < -0.3 is 4.74 Å². The fourth-order valence-electron chi connectivity index (χ4n) is 1.76. The molecule has 2 N–H and O–H groups in total. The molecule has 2 aromatic rings. The van der Waals surface area contributed by atoms with Crippen LogP contribution in [0.4, 0.5) is 0 Å². The molecule has 6 nitrogen and oxygen atoms in total. The maximum atomic E-state index is 12.0. The quantitative estimate of drug-likeness (QED) is 0.450. The second kappa shape index (κ2) is 7.73. The van der Waals surface area contributed by atoms with E-state index < -0.39 is 17.8 Å². The highest BCUT2D eigenvalue weighted by molar-refractivity contribution is 14.1.